The lowest BCUT2D eigenvalue weighted by Gasteiger charge is -2.03. The Kier molecular flexibility index (Phi) is 3.77. The van der Waals surface area contributed by atoms with Gasteiger partial charge < -0.3 is 9.40 Å². The third kappa shape index (κ3) is 3.00. The predicted molar refractivity (Wildman–Crippen MR) is 108 cm³/mol. The van der Waals surface area contributed by atoms with Gasteiger partial charge in [0.2, 0.25) is 5.55 Å². The summed E-state index contributed by atoms with van der Waals surface area (Å²) < 4.78 is 6.12. The quantitative estimate of drug-likeness (QED) is 0.422. The lowest BCUT2D eigenvalue weighted by atomic mass is 10.2. The number of aromatic amines is 1. The average Bonchev–Trinajstić information content (AvgIpc) is 3.12. The van der Waals surface area contributed by atoms with Crippen LogP contribution in [0.3, 0.4) is 0 Å². The van der Waals surface area contributed by atoms with E-state index in [1.54, 1.807) is 6.07 Å². The van der Waals surface area contributed by atoms with Crippen LogP contribution in [0, 0.1) is 0 Å². The first-order valence-electron chi connectivity index (χ1n) is 8.55. The van der Waals surface area contributed by atoms with E-state index >= 15 is 0 Å². The number of para-hydroxylation sites is 3. The maximum atomic E-state index is 6.16. The molecule has 3 aromatic carbocycles. The van der Waals surface area contributed by atoms with Gasteiger partial charge in [-0.2, -0.15) is 0 Å². The van der Waals surface area contributed by atoms with Gasteiger partial charge in [-0.25, -0.2) is 9.98 Å². The summed E-state index contributed by atoms with van der Waals surface area (Å²) in [5.41, 5.74) is 4.66. The van der Waals surface area contributed by atoms with Crippen LogP contribution < -0.4 is 5.55 Å². The summed E-state index contributed by atoms with van der Waals surface area (Å²) in [6, 6.07) is 25.2. The zero-order valence-corrected chi connectivity index (χ0v) is 14.9. The molecular formula is C22H14ClN3O. The van der Waals surface area contributed by atoms with E-state index in [1.165, 1.54) is 0 Å². The first-order chi connectivity index (χ1) is 13.3. The molecule has 0 saturated heterocycles. The minimum absolute atomic E-state index is 0.495. The molecule has 0 fully saturated rings. The Balaban J connectivity index is 1.82. The highest BCUT2D eigenvalue weighted by molar-refractivity contribution is 6.31. The van der Waals surface area contributed by atoms with E-state index in [0.29, 0.717) is 22.0 Å². The van der Waals surface area contributed by atoms with Gasteiger partial charge in [0, 0.05) is 10.4 Å². The molecule has 130 valence electrons. The Hall–Kier alpha value is -3.37. The average molecular weight is 372 g/mol. The lowest BCUT2D eigenvalue weighted by Crippen LogP contribution is -2.06. The summed E-state index contributed by atoms with van der Waals surface area (Å²) in [5, 5.41) is 1.55. The molecule has 0 aliphatic rings. The van der Waals surface area contributed by atoms with Crippen LogP contribution in [-0.4, -0.2) is 9.97 Å². The molecule has 1 N–H and O–H groups in total. The van der Waals surface area contributed by atoms with Gasteiger partial charge in [0.15, 0.2) is 0 Å². The molecule has 0 saturated carbocycles. The number of hydrogen-bond acceptors (Lipinski definition) is 3. The van der Waals surface area contributed by atoms with Crippen molar-refractivity contribution in [2.45, 2.75) is 0 Å². The van der Waals surface area contributed by atoms with Crippen molar-refractivity contribution in [2.75, 3.05) is 0 Å². The zero-order chi connectivity index (χ0) is 18.2. The molecule has 0 spiro atoms. The topological polar surface area (TPSA) is 54.2 Å². The van der Waals surface area contributed by atoms with E-state index in [2.05, 4.69) is 4.98 Å². The second-order valence-corrected chi connectivity index (χ2v) is 6.63. The van der Waals surface area contributed by atoms with Crippen molar-refractivity contribution in [3.63, 3.8) is 0 Å². The molecule has 2 heterocycles. The number of nitrogens with zero attached hydrogens (tertiary/aromatic N) is 2. The molecular weight excluding hydrogens is 358 g/mol. The number of hydrogen-bond donors (Lipinski definition) is 1. The van der Waals surface area contributed by atoms with E-state index < -0.39 is 0 Å². The van der Waals surface area contributed by atoms with Crippen LogP contribution in [0.1, 0.15) is 0 Å². The molecule has 27 heavy (non-hydrogen) atoms. The summed E-state index contributed by atoms with van der Waals surface area (Å²) in [6.07, 6.45) is 0. The van der Waals surface area contributed by atoms with Crippen LogP contribution in [0.15, 0.2) is 88.3 Å². The second-order valence-electron chi connectivity index (χ2n) is 6.20. The Morgan fingerprint density at radius 2 is 1.70 bits per heavy atom. The predicted octanol–water partition coefficient (Wildman–Crippen LogP) is 5.86. The SMILES string of the molecule is Clc1ccc2oc(=Nc3ccccc3)c(-c3nc4ccccc4[nH]3)cc2c1. The molecule has 0 aliphatic carbocycles. The van der Waals surface area contributed by atoms with Crippen LogP contribution in [0.25, 0.3) is 33.4 Å². The monoisotopic (exact) mass is 371 g/mol. The van der Waals surface area contributed by atoms with Crippen LogP contribution >= 0.6 is 11.6 Å². The summed E-state index contributed by atoms with van der Waals surface area (Å²) in [6.45, 7) is 0. The van der Waals surface area contributed by atoms with Gasteiger partial charge in [0.05, 0.1) is 22.3 Å². The summed E-state index contributed by atoms with van der Waals surface area (Å²) in [7, 11) is 0. The molecule has 0 bridgehead atoms. The van der Waals surface area contributed by atoms with Gasteiger partial charge in [-0.15, -0.1) is 0 Å². The van der Waals surface area contributed by atoms with Gasteiger partial charge >= 0.3 is 0 Å². The smallest absolute Gasteiger partial charge is 0.230 e. The fourth-order valence-electron chi connectivity index (χ4n) is 3.05. The number of nitrogens with one attached hydrogen (secondary N) is 1. The lowest BCUT2D eigenvalue weighted by molar-refractivity contribution is 0.547. The van der Waals surface area contributed by atoms with Crippen molar-refractivity contribution in [3.05, 3.63) is 89.4 Å². The second kappa shape index (κ2) is 6.41. The summed E-state index contributed by atoms with van der Waals surface area (Å²) >= 11 is 6.16. The maximum absolute atomic E-state index is 6.16. The number of aromatic nitrogens is 2. The van der Waals surface area contributed by atoms with Crippen molar-refractivity contribution in [3.8, 4) is 11.4 Å². The molecule has 5 aromatic rings. The first kappa shape index (κ1) is 15.9. The third-order valence-electron chi connectivity index (χ3n) is 4.34. The minimum Gasteiger partial charge on any atom is -0.438 e. The van der Waals surface area contributed by atoms with Crippen LogP contribution in [0.2, 0.25) is 5.02 Å². The Morgan fingerprint density at radius 1 is 0.889 bits per heavy atom. The number of imidazole rings is 1. The number of fused-ring (bicyclic) bond motifs is 2. The highest BCUT2D eigenvalue weighted by Gasteiger charge is 2.11. The summed E-state index contributed by atoms with van der Waals surface area (Å²) in [4.78, 5) is 12.8. The fourth-order valence-corrected chi connectivity index (χ4v) is 3.23. The number of rotatable bonds is 2. The van der Waals surface area contributed by atoms with Gasteiger partial charge in [-0.1, -0.05) is 41.9 Å². The molecule has 0 atom stereocenters. The van der Waals surface area contributed by atoms with Crippen LogP contribution in [0.5, 0.6) is 0 Å². The Labute approximate surface area is 159 Å². The molecule has 0 unspecified atom stereocenters. The Morgan fingerprint density at radius 3 is 2.56 bits per heavy atom. The van der Waals surface area contributed by atoms with E-state index in [9.17, 15) is 0 Å². The van der Waals surface area contributed by atoms with E-state index in [0.717, 1.165) is 27.7 Å². The van der Waals surface area contributed by atoms with Crippen LogP contribution in [0.4, 0.5) is 5.69 Å². The fraction of sp³-hybridized carbons (Fsp3) is 0. The zero-order valence-electron chi connectivity index (χ0n) is 14.2. The van der Waals surface area contributed by atoms with E-state index in [4.69, 9.17) is 26.0 Å². The van der Waals surface area contributed by atoms with Gasteiger partial charge in [0.25, 0.3) is 0 Å². The van der Waals surface area contributed by atoms with Crippen LogP contribution in [-0.2, 0) is 0 Å². The Bertz CT molecular complexity index is 1300. The van der Waals surface area contributed by atoms with Gasteiger partial charge in [-0.05, 0) is 48.5 Å². The van der Waals surface area contributed by atoms with Gasteiger partial charge in [0.1, 0.15) is 11.4 Å². The van der Waals surface area contributed by atoms with Crippen molar-refractivity contribution in [1.29, 1.82) is 0 Å². The summed E-state index contributed by atoms with van der Waals surface area (Å²) in [5.74, 6) is 0.705. The molecule has 0 radical (unpaired) electrons. The van der Waals surface area contributed by atoms with E-state index in [-0.39, 0.29) is 0 Å². The maximum Gasteiger partial charge on any atom is 0.230 e. The standard InChI is InChI=1S/C22H14ClN3O/c23-15-10-11-20-14(12-15)13-17(21-25-18-8-4-5-9-19(18)26-21)22(27-20)24-16-6-2-1-3-7-16/h1-13H,(H,25,26). The molecule has 2 aromatic heterocycles. The highest BCUT2D eigenvalue weighted by atomic mass is 35.5. The number of benzene rings is 3. The van der Waals surface area contributed by atoms with Crippen molar-refractivity contribution in [1.82, 2.24) is 9.97 Å². The number of H-pyrrole nitrogens is 1. The molecule has 0 aliphatic heterocycles. The highest BCUT2D eigenvalue weighted by Crippen LogP contribution is 2.24. The van der Waals surface area contributed by atoms with Crippen molar-refractivity contribution >= 4 is 39.3 Å². The number of halogens is 1. The first-order valence-corrected chi connectivity index (χ1v) is 8.92. The van der Waals surface area contributed by atoms with Crippen molar-refractivity contribution < 1.29 is 4.42 Å². The molecule has 0 amide bonds. The minimum atomic E-state index is 0.495. The van der Waals surface area contributed by atoms with Crippen molar-refractivity contribution in [2.24, 2.45) is 4.99 Å². The third-order valence-corrected chi connectivity index (χ3v) is 4.58. The van der Waals surface area contributed by atoms with E-state index in [1.807, 2.05) is 72.8 Å². The normalized spacial score (nSPS) is 12.1. The molecule has 5 heteroatoms. The molecule has 5 rings (SSSR count). The largest absolute Gasteiger partial charge is 0.438 e. The van der Waals surface area contributed by atoms with Gasteiger partial charge in [-0.3, -0.25) is 0 Å². The molecule has 4 nitrogen and oxygen atoms in total.